The van der Waals surface area contributed by atoms with Crippen molar-refractivity contribution in [1.82, 2.24) is 15.5 Å². The first-order valence-corrected chi connectivity index (χ1v) is 7.81. The topological polar surface area (TPSA) is 71.2 Å². The first-order valence-electron chi connectivity index (χ1n) is 7.02. The van der Waals surface area contributed by atoms with Crippen LogP contribution in [0.5, 0.6) is 0 Å². The van der Waals surface area contributed by atoms with Gasteiger partial charge in [0.25, 0.3) is 0 Å². The van der Waals surface area contributed by atoms with Crippen LogP contribution >= 0.6 is 15.9 Å². The predicted octanol–water partition coefficient (Wildman–Crippen LogP) is 3.00. The van der Waals surface area contributed by atoms with Crippen molar-refractivity contribution in [3.8, 4) is 11.5 Å². The molecule has 0 aliphatic carbocycles. The SMILES string of the molecule is CC(C)CC(O)CNCc1nnc(-c2ccccc2Br)o1. The smallest absolute Gasteiger partial charge is 0.248 e. The summed E-state index contributed by atoms with van der Waals surface area (Å²) in [5, 5.41) is 21.0. The number of halogens is 1. The Morgan fingerprint density at radius 2 is 2.05 bits per heavy atom. The summed E-state index contributed by atoms with van der Waals surface area (Å²) in [4.78, 5) is 0. The number of aliphatic hydroxyl groups is 1. The zero-order chi connectivity index (χ0) is 15.2. The molecular weight excluding hydrogens is 334 g/mol. The van der Waals surface area contributed by atoms with Crippen LogP contribution < -0.4 is 5.32 Å². The number of rotatable bonds is 7. The molecule has 21 heavy (non-hydrogen) atoms. The monoisotopic (exact) mass is 353 g/mol. The van der Waals surface area contributed by atoms with Crippen molar-refractivity contribution in [2.75, 3.05) is 6.54 Å². The molecule has 114 valence electrons. The van der Waals surface area contributed by atoms with Gasteiger partial charge < -0.3 is 14.8 Å². The highest BCUT2D eigenvalue weighted by Gasteiger charge is 2.12. The number of aromatic nitrogens is 2. The molecule has 0 fully saturated rings. The van der Waals surface area contributed by atoms with E-state index in [1.807, 2.05) is 24.3 Å². The third-order valence-corrected chi connectivity index (χ3v) is 3.66. The van der Waals surface area contributed by atoms with Crippen LogP contribution in [0.25, 0.3) is 11.5 Å². The molecule has 0 saturated heterocycles. The zero-order valence-electron chi connectivity index (χ0n) is 12.2. The summed E-state index contributed by atoms with van der Waals surface area (Å²) in [5.41, 5.74) is 0.871. The molecule has 0 aliphatic heterocycles. The van der Waals surface area contributed by atoms with Gasteiger partial charge in [-0.15, -0.1) is 10.2 Å². The van der Waals surface area contributed by atoms with Crippen LogP contribution in [0.1, 0.15) is 26.2 Å². The number of nitrogens with zero attached hydrogens (tertiary/aromatic N) is 2. The first-order chi connectivity index (χ1) is 10.1. The second kappa shape index (κ2) is 7.68. The van der Waals surface area contributed by atoms with Crippen LogP contribution in [0.2, 0.25) is 0 Å². The molecule has 0 bridgehead atoms. The fourth-order valence-corrected chi connectivity index (χ4v) is 2.50. The van der Waals surface area contributed by atoms with Crippen molar-refractivity contribution in [2.24, 2.45) is 5.92 Å². The van der Waals surface area contributed by atoms with Crippen molar-refractivity contribution in [1.29, 1.82) is 0 Å². The van der Waals surface area contributed by atoms with Crippen LogP contribution in [-0.2, 0) is 6.54 Å². The van der Waals surface area contributed by atoms with E-state index in [1.54, 1.807) is 0 Å². The third kappa shape index (κ3) is 4.91. The van der Waals surface area contributed by atoms with Gasteiger partial charge in [0.2, 0.25) is 11.8 Å². The number of benzene rings is 1. The number of hydrogen-bond acceptors (Lipinski definition) is 5. The van der Waals surface area contributed by atoms with Crippen molar-refractivity contribution in [3.05, 3.63) is 34.6 Å². The molecule has 0 radical (unpaired) electrons. The van der Waals surface area contributed by atoms with E-state index in [1.165, 1.54) is 0 Å². The van der Waals surface area contributed by atoms with Gasteiger partial charge in [-0.05, 0) is 40.4 Å². The summed E-state index contributed by atoms with van der Waals surface area (Å²) in [6.45, 7) is 5.15. The molecule has 1 unspecified atom stereocenters. The second-order valence-corrected chi connectivity index (χ2v) is 6.25. The number of aliphatic hydroxyl groups excluding tert-OH is 1. The minimum Gasteiger partial charge on any atom is -0.419 e. The van der Waals surface area contributed by atoms with Gasteiger partial charge in [-0.2, -0.15) is 0 Å². The Morgan fingerprint density at radius 1 is 1.29 bits per heavy atom. The maximum atomic E-state index is 9.78. The van der Waals surface area contributed by atoms with E-state index in [2.05, 4.69) is 45.3 Å². The number of nitrogens with one attached hydrogen (secondary N) is 1. The molecule has 1 aromatic heterocycles. The van der Waals surface area contributed by atoms with E-state index in [4.69, 9.17) is 4.42 Å². The summed E-state index contributed by atoms with van der Waals surface area (Å²) in [6.07, 6.45) is 0.426. The van der Waals surface area contributed by atoms with Gasteiger partial charge in [0.05, 0.1) is 18.2 Å². The average Bonchev–Trinajstić information content (AvgIpc) is 2.87. The zero-order valence-corrected chi connectivity index (χ0v) is 13.8. The minimum atomic E-state index is -0.351. The lowest BCUT2D eigenvalue weighted by Crippen LogP contribution is -2.27. The van der Waals surface area contributed by atoms with E-state index >= 15 is 0 Å². The molecule has 1 atom stereocenters. The molecule has 0 amide bonds. The van der Waals surface area contributed by atoms with Crippen molar-refractivity contribution < 1.29 is 9.52 Å². The molecule has 0 saturated carbocycles. The highest BCUT2D eigenvalue weighted by atomic mass is 79.9. The Morgan fingerprint density at radius 3 is 2.76 bits per heavy atom. The van der Waals surface area contributed by atoms with Crippen molar-refractivity contribution in [3.63, 3.8) is 0 Å². The fraction of sp³-hybridized carbons (Fsp3) is 0.467. The van der Waals surface area contributed by atoms with Crippen LogP contribution in [0.15, 0.2) is 33.2 Å². The molecule has 5 nitrogen and oxygen atoms in total. The van der Waals surface area contributed by atoms with Gasteiger partial charge in [0.15, 0.2) is 0 Å². The van der Waals surface area contributed by atoms with E-state index < -0.39 is 0 Å². The molecule has 2 rings (SSSR count). The van der Waals surface area contributed by atoms with Gasteiger partial charge in [-0.1, -0.05) is 26.0 Å². The maximum Gasteiger partial charge on any atom is 0.248 e. The quantitative estimate of drug-likeness (QED) is 0.800. The largest absolute Gasteiger partial charge is 0.419 e. The lowest BCUT2D eigenvalue weighted by atomic mass is 10.1. The van der Waals surface area contributed by atoms with Crippen molar-refractivity contribution >= 4 is 15.9 Å². The van der Waals surface area contributed by atoms with Gasteiger partial charge in [0.1, 0.15) is 0 Å². The Balaban J connectivity index is 1.88. The Labute approximate surface area is 132 Å². The van der Waals surface area contributed by atoms with Gasteiger partial charge >= 0.3 is 0 Å². The Hall–Kier alpha value is -1.24. The lowest BCUT2D eigenvalue weighted by molar-refractivity contribution is 0.145. The molecule has 1 heterocycles. The number of hydrogen-bond donors (Lipinski definition) is 2. The summed E-state index contributed by atoms with van der Waals surface area (Å²) < 4.78 is 6.53. The standard InChI is InChI=1S/C15H20BrN3O2/c1-10(2)7-11(20)8-17-9-14-18-19-15(21-14)12-5-3-4-6-13(12)16/h3-6,10-11,17,20H,7-9H2,1-2H3. The molecule has 2 aromatic rings. The van der Waals surface area contributed by atoms with E-state index in [-0.39, 0.29) is 6.10 Å². The van der Waals surface area contributed by atoms with Gasteiger partial charge in [0, 0.05) is 11.0 Å². The molecule has 0 aliphatic rings. The first kappa shape index (κ1) is 16.1. The summed E-state index contributed by atoms with van der Waals surface area (Å²) in [7, 11) is 0. The van der Waals surface area contributed by atoms with Crippen molar-refractivity contribution in [2.45, 2.75) is 32.9 Å². The minimum absolute atomic E-state index is 0.351. The molecule has 1 aromatic carbocycles. The molecule has 6 heteroatoms. The normalized spacial score (nSPS) is 12.8. The lowest BCUT2D eigenvalue weighted by Gasteiger charge is -2.12. The highest BCUT2D eigenvalue weighted by molar-refractivity contribution is 9.10. The van der Waals surface area contributed by atoms with E-state index in [9.17, 15) is 5.11 Å². The molecule has 2 N–H and O–H groups in total. The average molecular weight is 354 g/mol. The van der Waals surface area contributed by atoms with E-state index in [0.717, 1.165) is 16.5 Å². The fourth-order valence-electron chi connectivity index (χ4n) is 2.04. The van der Waals surface area contributed by atoms with Gasteiger partial charge in [-0.3, -0.25) is 0 Å². The Kier molecular flexibility index (Phi) is 5.90. The van der Waals surface area contributed by atoms with E-state index in [0.29, 0.717) is 30.8 Å². The molecule has 0 spiro atoms. The summed E-state index contributed by atoms with van der Waals surface area (Å²) in [6, 6.07) is 7.70. The Bertz CT molecular complexity index is 572. The van der Waals surface area contributed by atoms with Crippen LogP contribution in [0.3, 0.4) is 0 Å². The maximum absolute atomic E-state index is 9.78. The summed E-state index contributed by atoms with van der Waals surface area (Å²) >= 11 is 3.46. The van der Waals surface area contributed by atoms with Crippen LogP contribution in [0.4, 0.5) is 0 Å². The highest BCUT2D eigenvalue weighted by Crippen LogP contribution is 2.26. The van der Waals surface area contributed by atoms with Crippen LogP contribution in [-0.4, -0.2) is 28.0 Å². The summed E-state index contributed by atoms with van der Waals surface area (Å²) in [5.74, 6) is 1.48. The second-order valence-electron chi connectivity index (χ2n) is 5.40. The van der Waals surface area contributed by atoms with Crippen LogP contribution in [0, 0.1) is 5.92 Å². The predicted molar refractivity (Wildman–Crippen MR) is 84.6 cm³/mol. The van der Waals surface area contributed by atoms with Gasteiger partial charge in [-0.25, -0.2) is 0 Å². The third-order valence-electron chi connectivity index (χ3n) is 2.97. The molecular formula is C15H20BrN3O2.